The third kappa shape index (κ3) is 3.62. The topological polar surface area (TPSA) is 114 Å². The minimum atomic E-state index is -3.95. The summed E-state index contributed by atoms with van der Waals surface area (Å²) >= 11 is 0. The molecule has 2 aromatic rings. The van der Waals surface area contributed by atoms with E-state index in [2.05, 4.69) is 4.98 Å². The highest BCUT2D eigenvalue weighted by Gasteiger charge is 2.54. The van der Waals surface area contributed by atoms with Gasteiger partial charge in [-0.15, -0.1) is 0 Å². The third-order valence-electron chi connectivity index (χ3n) is 5.56. The monoisotopic (exact) mass is 432 g/mol. The number of hydrogen-bond acceptors (Lipinski definition) is 6. The normalized spacial score (nSPS) is 22.9. The van der Waals surface area contributed by atoms with Crippen LogP contribution >= 0.6 is 0 Å². The van der Waals surface area contributed by atoms with E-state index in [9.17, 15) is 22.4 Å². The molecule has 1 aromatic heterocycles. The summed E-state index contributed by atoms with van der Waals surface area (Å²) in [4.78, 5) is 30.9. The van der Waals surface area contributed by atoms with Crippen molar-refractivity contribution in [3.8, 4) is 0 Å². The van der Waals surface area contributed by atoms with Gasteiger partial charge >= 0.3 is 0 Å². The number of nitrogens with zero attached hydrogens (tertiary/aromatic N) is 3. The van der Waals surface area contributed by atoms with Crippen LogP contribution in [-0.2, 0) is 26.0 Å². The number of pyridine rings is 1. The number of fused-ring (bicyclic) bond motifs is 1. The molecular formula is C20H21FN4O4S. The van der Waals surface area contributed by atoms with Gasteiger partial charge in [-0.1, -0.05) is 18.2 Å². The van der Waals surface area contributed by atoms with Gasteiger partial charge in [-0.2, -0.15) is 4.31 Å². The first-order valence-corrected chi connectivity index (χ1v) is 11.0. The predicted molar refractivity (Wildman–Crippen MR) is 105 cm³/mol. The first kappa shape index (κ1) is 20.6. The average Bonchev–Trinajstić information content (AvgIpc) is 3.31. The number of rotatable bonds is 5. The van der Waals surface area contributed by atoms with Crippen LogP contribution in [0, 0.1) is 5.82 Å². The van der Waals surface area contributed by atoms with E-state index in [1.165, 1.54) is 29.3 Å². The standard InChI is InChI=1S/C20H21FN4O4S/c21-14-6-4-13(5-7-14)11-15(22)20(27)24-10-8-16-19(24)17(26)12-25(16)30(28,29)18-3-1-2-9-23-18/h1-7,9,15-16,19H,8,10-12,22H2. The van der Waals surface area contributed by atoms with Crippen molar-refractivity contribution in [2.75, 3.05) is 13.1 Å². The van der Waals surface area contributed by atoms with E-state index in [4.69, 9.17) is 5.73 Å². The molecule has 2 aliphatic rings. The van der Waals surface area contributed by atoms with Crippen LogP contribution < -0.4 is 5.73 Å². The van der Waals surface area contributed by atoms with Crippen molar-refractivity contribution in [1.29, 1.82) is 0 Å². The van der Waals surface area contributed by atoms with Crippen molar-refractivity contribution < 1.29 is 22.4 Å². The molecule has 2 fully saturated rings. The van der Waals surface area contributed by atoms with E-state index in [-0.39, 0.29) is 36.1 Å². The molecule has 0 bridgehead atoms. The Balaban J connectivity index is 1.51. The van der Waals surface area contributed by atoms with E-state index < -0.39 is 34.1 Å². The van der Waals surface area contributed by atoms with Crippen LogP contribution in [0.25, 0.3) is 0 Å². The highest BCUT2D eigenvalue weighted by molar-refractivity contribution is 7.89. The lowest BCUT2D eigenvalue weighted by atomic mass is 10.0. The number of hydrogen-bond donors (Lipinski definition) is 1. The fourth-order valence-electron chi connectivity index (χ4n) is 4.14. The fourth-order valence-corrected chi connectivity index (χ4v) is 5.69. The van der Waals surface area contributed by atoms with Gasteiger partial charge in [-0.25, -0.2) is 17.8 Å². The molecule has 8 nitrogen and oxygen atoms in total. The molecule has 4 rings (SSSR count). The number of Topliss-reactive ketones (excluding diaryl/α,β-unsaturated/α-hetero) is 1. The molecule has 2 aliphatic heterocycles. The molecule has 30 heavy (non-hydrogen) atoms. The van der Waals surface area contributed by atoms with Gasteiger partial charge < -0.3 is 10.6 Å². The van der Waals surface area contributed by atoms with Gasteiger partial charge in [0.15, 0.2) is 10.8 Å². The molecule has 3 heterocycles. The molecule has 0 radical (unpaired) electrons. The maximum atomic E-state index is 13.1. The maximum absolute atomic E-state index is 13.1. The number of benzene rings is 1. The number of aromatic nitrogens is 1. The van der Waals surface area contributed by atoms with Gasteiger partial charge in [0.1, 0.15) is 11.9 Å². The summed E-state index contributed by atoms with van der Waals surface area (Å²) in [5.74, 6) is -1.14. The molecule has 2 saturated heterocycles. The zero-order valence-corrected chi connectivity index (χ0v) is 16.8. The Morgan fingerprint density at radius 1 is 1.23 bits per heavy atom. The van der Waals surface area contributed by atoms with Gasteiger partial charge in [0, 0.05) is 12.7 Å². The summed E-state index contributed by atoms with van der Waals surface area (Å²) in [7, 11) is -3.95. The summed E-state index contributed by atoms with van der Waals surface area (Å²) in [6, 6.07) is 7.84. The first-order valence-electron chi connectivity index (χ1n) is 9.55. The Morgan fingerprint density at radius 2 is 1.97 bits per heavy atom. The molecule has 0 spiro atoms. The van der Waals surface area contributed by atoms with Crippen LogP contribution in [0.2, 0.25) is 0 Å². The van der Waals surface area contributed by atoms with Crippen molar-refractivity contribution in [2.24, 2.45) is 5.73 Å². The number of halogens is 1. The Bertz CT molecular complexity index is 1060. The quantitative estimate of drug-likeness (QED) is 0.729. The zero-order chi connectivity index (χ0) is 21.5. The van der Waals surface area contributed by atoms with Crippen molar-refractivity contribution in [1.82, 2.24) is 14.2 Å². The summed E-state index contributed by atoms with van der Waals surface area (Å²) in [5.41, 5.74) is 6.77. The Labute approximate surface area is 173 Å². The second kappa shape index (κ2) is 7.86. The Kier molecular flexibility index (Phi) is 5.39. The van der Waals surface area contributed by atoms with E-state index in [0.717, 1.165) is 4.31 Å². The summed E-state index contributed by atoms with van der Waals surface area (Å²) in [6.45, 7) is -0.0590. The zero-order valence-electron chi connectivity index (χ0n) is 16.0. The average molecular weight is 432 g/mol. The lowest BCUT2D eigenvalue weighted by Crippen LogP contribution is -2.50. The Morgan fingerprint density at radius 3 is 2.63 bits per heavy atom. The smallest absolute Gasteiger partial charge is 0.261 e. The lowest BCUT2D eigenvalue weighted by Gasteiger charge is -2.26. The molecule has 1 amide bonds. The number of carbonyl (C=O) groups excluding carboxylic acids is 2. The SMILES string of the molecule is NC(Cc1ccc(F)cc1)C(=O)N1CCC2C1C(=O)CN2S(=O)(=O)c1ccccn1. The molecule has 1 aromatic carbocycles. The van der Waals surface area contributed by atoms with Gasteiger partial charge in [-0.3, -0.25) is 9.59 Å². The predicted octanol–water partition coefficient (Wildman–Crippen LogP) is 0.334. The molecule has 10 heteroatoms. The summed E-state index contributed by atoms with van der Waals surface area (Å²) in [6.07, 6.45) is 1.91. The van der Waals surface area contributed by atoms with Crippen molar-refractivity contribution in [2.45, 2.75) is 36.0 Å². The largest absolute Gasteiger partial charge is 0.330 e. The number of nitrogens with two attached hydrogens (primary N) is 1. The van der Waals surface area contributed by atoms with E-state index in [1.807, 2.05) is 0 Å². The number of likely N-dealkylation sites (tertiary alicyclic amines) is 1. The molecular weight excluding hydrogens is 411 g/mol. The second-order valence-electron chi connectivity index (χ2n) is 7.45. The van der Waals surface area contributed by atoms with Gasteiger partial charge in [0.25, 0.3) is 10.0 Å². The first-order chi connectivity index (χ1) is 14.3. The highest BCUT2D eigenvalue weighted by atomic mass is 32.2. The Hall–Kier alpha value is -2.69. The van der Waals surface area contributed by atoms with E-state index in [0.29, 0.717) is 12.0 Å². The molecule has 2 N–H and O–H groups in total. The second-order valence-corrected chi connectivity index (χ2v) is 9.29. The summed E-state index contributed by atoms with van der Waals surface area (Å²) in [5, 5.41) is -0.128. The van der Waals surface area contributed by atoms with Gasteiger partial charge in [0.05, 0.1) is 18.6 Å². The lowest BCUT2D eigenvalue weighted by molar-refractivity contribution is -0.137. The van der Waals surface area contributed by atoms with E-state index in [1.54, 1.807) is 24.3 Å². The molecule has 3 atom stereocenters. The minimum absolute atomic E-state index is 0.128. The minimum Gasteiger partial charge on any atom is -0.330 e. The van der Waals surface area contributed by atoms with Gasteiger partial charge in [0.2, 0.25) is 5.91 Å². The van der Waals surface area contributed by atoms with Crippen LogP contribution in [0.5, 0.6) is 0 Å². The van der Waals surface area contributed by atoms with Crippen LogP contribution in [0.3, 0.4) is 0 Å². The van der Waals surface area contributed by atoms with Crippen LogP contribution in [0.4, 0.5) is 4.39 Å². The van der Waals surface area contributed by atoms with Crippen LogP contribution in [0.1, 0.15) is 12.0 Å². The molecule has 3 unspecified atom stereocenters. The maximum Gasteiger partial charge on any atom is 0.261 e. The highest BCUT2D eigenvalue weighted by Crippen LogP contribution is 2.33. The third-order valence-corrected chi connectivity index (χ3v) is 7.34. The number of amides is 1. The molecule has 158 valence electrons. The molecule has 0 aliphatic carbocycles. The van der Waals surface area contributed by atoms with Crippen molar-refractivity contribution in [3.05, 3.63) is 60.0 Å². The molecule has 0 saturated carbocycles. The number of ketones is 1. The number of carbonyl (C=O) groups is 2. The van der Waals surface area contributed by atoms with Gasteiger partial charge in [-0.05, 0) is 42.7 Å². The van der Waals surface area contributed by atoms with E-state index >= 15 is 0 Å². The van der Waals surface area contributed by atoms with Crippen molar-refractivity contribution >= 4 is 21.7 Å². The fraction of sp³-hybridized carbons (Fsp3) is 0.350. The van der Waals surface area contributed by atoms with Crippen LogP contribution in [0.15, 0.2) is 53.7 Å². The van der Waals surface area contributed by atoms with Crippen molar-refractivity contribution in [3.63, 3.8) is 0 Å². The number of sulfonamides is 1. The summed E-state index contributed by atoms with van der Waals surface area (Å²) < 4.78 is 40.1. The van der Waals surface area contributed by atoms with Crippen LogP contribution in [-0.4, -0.2) is 65.5 Å².